The highest BCUT2D eigenvalue weighted by Crippen LogP contribution is 2.37. The molecule has 0 saturated carbocycles. The van der Waals surface area contributed by atoms with Gasteiger partial charge in [0.05, 0.1) is 11.7 Å². The van der Waals surface area contributed by atoms with Crippen LogP contribution in [0, 0.1) is 6.92 Å². The molecule has 0 aliphatic carbocycles. The van der Waals surface area contributed by atoms with Crippen LogP contribution in [0.15, 0.2) is 47.4 Å². The topological polar surface area (TPSA) is 61.5 Å². The third-order valence-electron chi connectivity index (χ3n) is 3.91. The van der Waals surface area contributed by atoms with E-state index in [9.17, 15) is 4.79 Å². The molecule has 4 rings (SSSR count). The van der Waals surface area contributed by atoms with Gasteiger partial charge in [-0.1, -0.05) is 17.7 Å². The number of aromatic amines is 2. The van der Waals surface area contributed by atoms with E-state index in [-0.39, 0.29) is 5.56 Å². The molecular weight excluding hydrogens is 298 g/mol. The Balaban J connectivity index is 2.11. The first-order chi connectivity index (χ1) is 10.6. The predicted octanol–water partition coefficient (Wildman–Crippen LogP) is 4.03. The summed E-state index contributed by atoms with van der Waals surface area (Å²) in [4.78, 5) is 14.4. The number of rotatable bonds is 1. The van der Waals surface area contributed by atoms with E-state index in [1.165, 1.54) is 6.07 Å². The number of aryl methyl sites for hydroxylation is 1. The maximum Gasteiger partial charge on any atom is 0.248 e. The zero-order valence-electron chi connectivity index (χ0n) is 11.8. The van der Waals surface area contributed by atoms with Gasteiger partial charge in [0.25, 0.3) is 0 Å². The van der Waals surface area contributed by atoms with Crippen molar-refractivity contribution < 1.29 is 0 Å². The van der Waals surface area contributed by atoms with Crippen LogP contribution in [-0.2, 0) is 0 Å². The number of benzene rings is 2. The van der Waals surface area contributed by atoms with E-state index < -0.39 is 0 Å². The van der Waals surface area contributed by atoms with Crippen molar-refractivity contribution in [3.8, 4) is 11.1 Å². The fourth-order valence-corrected chi connectivity index (χ4v) is 3.12. The van der Waals surface area contributed by atoms with Crippen molar-refractivity contribution in [1.29, 1.82) is 0 Å². The molecule has 0 radical (unpaired) electrons. The van der Waals surface area contributed by atoms with Crippen molar-refractivity contribution in [1.82, 2.24) is 15.2 Å². The minimum Gasteiger partial charge on any atom is -0.322 e. The fourth-order valence-electron chi connectivity index (χ4n) is 2.85. The van der Waals surface area contributed by atoms with Gasteiger partial charge < -0.3 is 4.98 Å². The summed E-state index contributed by atoms with van der Waals surface area (Å²) in [7, 11) is 0. The highest BCUT2D eigenvalue weighted by atomic mass is 35.5. The third-order valence-corrected chi connectivity index (χ3v) is 4.23. The molecule has 0 aliphatic rings. The first-order valence-corrected chi connectivity index (χ1v) is 7.27. The standard InChI is InChI=1S/C17H12ClN3O/c1-9-2-4-14-12(8-19-21-14)17(9)11-7-15-10(6-13(11)18)3-5-16(22)20-15/h2-8H,1H3,(H,19,21)(H,20,22). The lowest BCUT2D eigenvalue weighted by Crippen LogP contribution is -2.02. The molecule has 22 heavy (non-hydrogen) atoms. The minimum absolute atomic E-state index is 0.126. The van der Waals surface area contributed by atoms with Crippen molar-refractivity contribution in [3.05, 3.63) is 63.5 Å². The van der Waals surface area contributed by atoms with E-state index in [0.29, 0.717) is 5.02 Å². The molecule has 0 aliphatic heterocycles. The minimum atomic E-state index is -0.126. The molecule has 2 heterocycles. The Kier molecular flexibility index (Phi) is 2.81. The lowest BCUT2D eigenvalue weighted by Gasteiger charge is -2.11. The first-order valence-electron chi connectivity index (χ1n) is 6.89. The normalized spacial score (nSPS) is 11.4. The molecule has 0 fully saturated rings. The van der Waals surface area contributed by atoms with Gasteiger partial charge >= 0.3 is 0 Å². The number of fused-ring (bicyclic) bond motifs is 2. The summed E-state index contributed by atoms with van der Waals surface area (Å²) < 4.78 is 0. The maximum absolute atomic E-state index is 11.6. The van der Waals surface area contributed by atoms with Crippen molar-refractivity contribution in [2.24, 2.45) is 0 Å². The molecule has 0 saturated heterocycles. The molecule has 5 heteroatoms. The summed E-state index contributed by atoms with van der Waals surface area (Å²) in [5, 5.41) is 9.65. The van der Waals surface area contributed by atoms with Crippen molar-refractivity contribution >= 4 is 33.4 Å². The van der Waals surface area contributed by atoms with Gasteiger partial charge in [0.1, 0.15) is 0 Å². The largest absolute Gasteiger partial charge is 0.322 e. The van der Waals surface area contributed by atoms with Gasteiger partial charge in [0, 0.05) is 27.6 Å². The van der Waals surface area contributed by atoms with Crippen LogP contribution in [0.2, 0.25) is 5.02 Å². The van der Waals surface area contributed by atoms with E-state index in [1.807, 2.05) is 31.2 Å². The number of halogens is 1. The van der Waals surface area contributed by atoms with Crippen molar-refractivity contribution in [2.75, 3.05) is 0 Å². The van der Waals surface area contributed by atoms with Crippen LogP contribution in [-0.4, -0.2) is 15.2 Å². The van der Waals surface area contributed by atoms with Crippen LogP contribution in [0.1, 0.15) is 5.56 Å². The van der Waals surface area contributed by atoms with E-state index >= 15 is 0 Å². The Bertz CT molecular complexity index is 1080. The molecular formula is C17H12ClN3O. The van der Waals surface area contributed by atoms with Crippen LogP contribution in [0.4, 0.5) is 0 Å². The van der Waals surface area contributed by atoms with Gasteiger partial charge in [-0.3, -0.25) is 9.89 Å². The number of H-pyrrole nitrogens is 2. The second-order valence-electron chi connectivity index (χ2n) is 5.33. The van der Waals surface area contributed by atoms with Crippen molar-refractivity contribution in [3.63, 3.8) is 0 Å². The molecule has 4 nitrogen and oxygen atoms in total. The summed E-state index contributed by atoms with van der Waals surface area (Å²) in [5.74, 6) is 0. The number of aromatic nitrogens is 3. The average molecular weight is 310 g/mol. The SMILES string of the molecule is Cc1ccc2[nH]ncc2c1-c1cc2[nH]c(=O)ccc2cc1Cl. The molecule has 0 atom stereocenters. The molecule has 108 valence electrons. The molecule has 2 aromatic carbocycles. The van der Waals surface area contributed by atoms with Gasteiger partial charge in [-0.15, -0.1) is 0 Å². The fraction of sp³-hybridized carbons (Fsp3) is 0.0588. The Hall–Kier alpha value is -2.59. The van der Waals surface area contributed by atoms with Gasteiger partial charge in [-0.2, -0.15) is 5.10 Å². The van der Waals surface area contributed by atoms with E-state index in [0.717, 1.165) is 38.5 Å². The zero-order valence-corrected chi connectivity index (χ0v) is 12.5. The monoisotopic (exact) mass is 309 g/mol. The van der Waals surface area contributed by atoms with Crippen LogP contribution >= 0.6 is 11.6 Å². The zero-order chi connectivity index (χ0) is 15.3. The van der Waals surface area contributed by atoms with Gasteiger partial charge in [0.2, 0.25) is 5.56 Å². The Morgan fingerprint density at radius 3 is 2.82 bits per heavy atom. The number of hydrogen-bond acceptors (Lipinski definition) is 2. The molecule has 2 N–H and O–H groups in total. The summed E-state index contributed by atoms with van der Waals surface area (Å²) in [6.45, 7) is 2.04. The van der Waals surface area contributed by atoms with Crippen LogP contribution in [0.3, 0.4) is 0 Å². The summed E-state index contributed by atoms with van der Waals surface area (Å²) in [6, 6.07) is 11.1. The van der Waals surface area contributed by atoms with E-state index in [4.69, 9.17) is 11.6 Å². The summed E-state index contributed by atoms with van der Waals surface area (Å²) >= 11 is 6.49. The van der Waals surface area contributed by atoms with Gasteiger partial charge in [0.15, 0.2) is 0 Å². The molecule has 0 unspecified atom stereocenters. The number of nitrogens with zero attached hydrogens (tertiary/aromatic N) is 1. The second kappa shape index (κ2) is 4.71. The maximum atomic E-state index is 11.6. The Morgan fingerprint density at radius 2 is 1.95 bits per heavy atom. The summed E-state index contributed by atoms with van der Waals surface area (Å²) in [5.41, 5.74) is 4.63. The van der Waals surface area contributed by atoms with Gasteiger partial charge in [-0.25, -0.2) is 0 Å². The quantitative estimate of drug-likeness (QED) is 0.557. The lowest BCUT2D eigenvalue weighted by molar-refractivity contribution is 1.12. The number of hydrogen-bond donors (Lipinski definition) is 2. The molecule has 0 spiro atoms. The molecule has 2 aromatic heterocycles. The average Bonchev–Trinajstić information content (AvgIpc) is 2.96. The Labute approximate surface area is 130 Å². The second-order valence-corrected chi connectivity index (χ2v) is 5.74. The molecule has 0 bridgehead atoms. The first kappa shape index (κ1) is 13.1. The molecule has 0 amide bonds. The van der Waals surface area contributed by atoms with E-state index in [2.05, 4.69) is 15.2 Å². The summed E-state index contributed by atoms with van der Waals surface area (Å²) in [6.07, 6.45) is 1.80. The van der Waals surface area contributed by atoms with Gasteiger partial charge in [-0.05, 0) is 47.7 Å². The van der Waals surface area contributed by atoms with Crippen molar-refractivity contribution in [2.45, 2.75) is 6.92 Å². The van der Waals surface area contributed by atoms with Crippen LogP contribution in [0.25, 0.3) is 32.9 Å². The highest BCUT2D eigenvalue weighted by Gasteiger charge is 2.13. The smallest absolute Gasteiger partial charge is 0.248 e. The van der Waals surface area contributed by atoms with Crippen LogP contribution < -0.4 is 5.56 Å². The Morgan fingerprint density at radius 1 is 1.09 bits per heavy atom. The lowest BCUT2D eigenvalue weighted by atomic mass is 9.96. The third kappa shape index (κ3) is 1.92. The predicted molar refractivity (Wildman–Crippen MR) is 89.4 cm³/mol. The number of nitrogens with one attached hydrogen (secondary N) is 2. The van der Waals surface area contributed by atoms with Crippen LogP contribution in [0.5, 0.6) is 0 Å². The number of pyridine rings is 1. The highest BCUT2D eigenvalue weighted by molar-refractivity contribution is 6.34. The van der Waals surface area contributed by atoms with E-state index in [1.54, 1.807) is 12.3 Å². The molecule has 4 aromatic rings.